The molecular weight excluding hydrogens is 464 g/mol. The normalized spacial score (nSPS) is 12.5. The van der Waals surface area contributed by atoms with E-state index < -0.39 is 16.1 Å². The van der Waals surface area contributed by atoms with Gasteiger partial charge in [-0.05, 0) is 85.5 Å². The molecule has 1 unspecified atom stereocenters. The highest BCUT2D eigenvalue weighted by atomic mass is 32.2. The highest BCUT2D eigenvalue weighted by molar-refractivity contribution is 7.92. The second-order valence-electron chi connectivity index (χ2n) is 9.11. The minimum Gasteiger partial charge on any atom is -0.494 e. The Morgan fingerprint density at radius 1 is 0.857 bits per heavy atom. The molecule has 0 aromatic heterocycles. The van der Waals surface area contributed by atoms with Gasteiger partial charge in [0.2, 0.25) is 0 Å². The zero-order chi connectivity index (χ0) is 25.6. The predicted molar refractivity (Wildman–Crippen MR) is 139 cm³/mol. The summed E-state index contributed by atoms with van der Waals surface area (Å²) in [5, 5.41) is 2.75. The average molecular weight is 497 g/mol. The van der Waals surface area contributed by atoms with Crippen LogP contribution in [0, 0.1) is 0 Å². The Labute approximate surface area is 207 Å². The number of carbonyl (C=O) groups excluding carboxylic acids is 1. The van der Waals surface area contributed by atoms with E-state index in [1.54, 1.807) is 31.2 Å². The number of rotatable bonds is 9. The van der Waals surface area contributed by atoms with Gasteiger partial charge in [0, 0.05) is 11.4 Å². The second-order valence-corrected chi connectivity index (χ2v) is 10.8. The van der Waals surface area contributed by atoms with Crippen molar-refractivity contribution in [2.45, 2.75) is 51.0 Å². The summed E-state index contributed by atoms with van der Waals surface area (Å²) < 4.78 is 39.0. The van der Waals surface area contributed by atoms with E-state index >= 15 is 0 Å². The van der Waals surface area contributed by atoms with E-state index in [-0.39, 0.29) is 16.2 Å². The zero-order valence-electron chi connectivity index (χ0n) is 20.7. The minimum absolute atomic E-state index is 0.0326. The fourth-order valence-electron chi connectivity index (χ4n) is 3.25. The number of hydrogen-bond donors (Lipinski definition) is 2. The Bertz CT molecular complexity index is 1230. The lowest BCUT2D eigenvalue weighted by molar-refractivity contribution is -0.122. The maximum absolute atomic E-state index is 12.7. The number of nitrogens with one attached hydrogen (secondary N) is 2. The van der Waals surface area contributed by atoms with Crippen LogP contribution in [0.2, 0.25) is 0 Å². The Morgan fingerprint density at radius 3 is 1.94 bits per heavy atom. The summed E-state index contributed by atoms with van der Waals surface area (Å²) in [5.74, 6) is 0.922. The summed E-state index contributed by atoms with van der Waals surface area (Å²) >= 11 is 0. The van der Waals surface area contributed by atoms with Gasteiger partial charge in [0.05, 0.1) is 11.5 Å². The molecule has 0 aliphatic heterocycles. The first-order valence-corrected chi connectivity index (χ1v) is 12.9. The van der Waals surface area contributed by atoms with E-state index in [2.05, 4.69) is 30.8 Å². The third-order valence-corrected chi connectivity index (χ3v) is 6.65. The Kier molecular flexibility index (Phi) is 8.07. The highest BCUT2D eigenvalue weighted by Crippen LogP contribution is 2.25. The summed E-state index contributed by atoms with van der Waals surface area (Å²) in [7, 11) is -3.78. The van der Waals surface area contributed by atoms with Crippen LogP contribution in [0.1, 0.15) is 40.2 Å². The molecule has 3 aromatic carbocycles. The van der Waals surface area contributed by atoms with Crippen molar-refractivity contribution in [3.63, 3.8) is 0 Å². The van der Waals surface area contributed by atoms with Gasteiger partial charge in [0.1, 0.15) is 11.5 Å². The van der Waals surface area contributed by atoms with Crippen LogP contribution < -0.4 is 19.5 Å². The zero-order valence-corrected chi connectivity index (χ0v) is 21.5. The van der Waals surface area contributed by atoms with Gasteiger partial charge in [-0.1, -0.05) is 32.9 Å². The van der Waals surface area contributed by atoms with Gasteiger partial charge in [-0.15, -0.1) is 0 Å². The quantitative estimate of drug-likeness (QED) is 0.403. The molecule has 3 rings (SSSR count). The average Bonchev–Trinajstić information content (AvgIpc) is 2.80. The fourth-order valence-corrected chi connectivity index (χ4v) is 4.31. The summed E-state index contributed by atoms with van der Waals surface area (Å²) in [6.45, 7) is 10.5. The third-order valence-electron chi connectivity index (χ3n) is 5.25. The summed E-state index contributed by atoms with van der Waals surface area (Å²) in [5.41, 5.74) is 2.10. The molecule has 0 saturated carbocycles. The maximum Gasteiger partial charge on any atom is 0.265 e. The molecule has 8 heteroatoms. The molecule has 0 spiro atoms. The number of carbonyl (C=O) groups is 1. The van der Waals surface area contributed by atoms with Gasteiger partial charge >= 0.3 is 0 Å². The monoisotopic (exact) mass is 496 g/mol. The Morgan fingerprint density at radius 2 is 1.40 bits per heavy atom. The largest absolute Gasteiger partial charge is 0.494 e. The van der Waals surface area contributed by atoms with Crippen molar-refractivity contribution in [3.05, 3.63) is 78.4 Å². The van der Waals surface area contributed by atoms with E-state index in [0.29, 0.717) is 29.5 Å². The van der Waals surface area contributed by atoms with Crippen molar-refractivity contribution in [1.29, 1.82) is 0 Å². The topological polar surface area (TPSA) is 93.7 Å². The smallest absolute Gasteiger partial charge is 0.265 e. The molecule has 0 aliphatic carbocycles. The van der Waals surface area contributed by atoms with Gasteiger partial charge < -0.3 is 14.8 Å². The van der Waals surface area contributed by atoms with Gasteiger partial charge in [-0.2, -0.15) is 0 Å². The molecule has 2 N–H and O–H groups in total. The predicted octanol–water partition coefficient (Wildman–Crippen LogP) is 5.59. The lowest BCUT2D eigenvalue weighted by atomic mass is 9.87. The highest BCUT2D eigenvalue weighted by Gasteiger charge is 2.18. The van der Waals surface area contributed by atoms with Crippen LogP contribution in [0.3, 0.4) is 0 Å². The van der Waals surface area contributed by atoms with Crippen LogP contribution in [-0.2, 0) is 20.2 Å². The molecule has 0 aliphatic rings. The van der Waals surface area contributed by atoms with E-state index in [9.17, 15) is 13.2 Å². The third kappa shape index (κ3) is 7.23. The van der Waals surface area contributed by atoms with Crippen LogP contribution >= 0.6 is 0 Å². The molecular formula is C27H32N2O5S. The molecule has 35 heavy (non-hydrogen) atoms. The summed E-state index contributed by atoms with van der Waals surface area (Å²) in [4.78, 5) is 12.6. The van der Waals surface area contributed by atoms with Crippen molar-refractivity contribution < 1.29 is 22.7 Å². The van der Waals surface area contributed by atoms with Gasteiger partial charge in [0.25, 0.3) is 15.9 Å². The van der Waals surface area contributed by atoms with Crippen molar-refractivity contribution in [2.75, 3.05) is 16.6 Å². The van der Waals surface area contributed by atoms with Crippen molar-refractivity contribution >= 4 is 27.3 Å². The summed E-state index contributed by atoms with van der Waals surface area (Å²) in [6, 6.07) is 20.3. The van der Waals surface area contributed by atoms with Crippen LogP contribution in [0.4, 0.5) is 11.4 Å². The molecule has 0 fully saturated rings. The molecule has 1 atom stereocenters. The molecule has 3 aromatic rings. The van der Waals surface area contributed by atoms with Crippen LogP contribution in [0.5, 0.6) is 11.5 Å². The molecule has 0 saturated heterocycles. The standard InChI is InChI=1S/C27H32N2O5S/c1-6-33-23-15-9-22(10-16-23)29-35(31,32)25-17-11-21(12-18-25)28-26(30)19(2)34-24-13-7-20(8-14-24)27(3,4)5/h7-19,29H,6H2,1-5H3,(H,28,30). The van der Waals surface area contributed by atoms with Crippen molar-refractivity contribution in [2.24, 2.45) is 0 Å². The number of anilines is 2. The van der Waals surface area contributed by atoms with E-state index in [4.69, 9.17) is 9.47 Å². The first kappa shape index (κ1) is 26.1. The van der Waals surface area contributed by atoms with Gasteiger partial charge in [-0.25, -0.2) is 8.42 Å². The Balaban J connectivity index is 1.59. The second kappa shape index (κ2) is 10.8. The first-order chi connectivity index (χ1) is 16.5. The maximum atomic E-state index is 12.7. The fraction of sp³-hybridized carbons (Fsp3) is 0.296. The molecule has 0 bridgehead atoms. The number of ether oxygens (including phenoxy) is 2. The number of hydrogen-bond acceptors (Lipinski definition) is 5. The van der Waals surface area contributed by atoms with Gasteiger partial charge in [-0.3, -0.25) is 9.52 Å². The number of amides is 1. The van der Waals surface area contributed by atoms with Crippen LogP contribution in [0.25, 0.3) is 0 Å². The van der Waals surface area contributed by atoms with E-state index in [1.807, 2.05) is 31.2 Å². The number of sulfonamides is 1. The summed E-state index contributed by atoms with van der Waals surface area (Å²) in [6.07, 6.45) is -0.736. The van der Waals surface area contributed by atoms with Gasteiger partial charge in [0.15, 0.2) is 6.10 Å². The van der Waals surface area contributed by atoms with Crippen molar-refractivity contribution in [1.82, 2.24) is 0 Å². The molecule has 1 amide bonds. The van der Waals surface area contributed by atoms with Crippen molar-refractivity contribution in [3.8, 4) is 11.5 Å². The molecule has 7 nitrogen and oxygen atoms in total. The lowest BCUT2D eigenvalue weighted by Gasteiger charge is -2.20. The lowest BCUT2D eigenvalue weighted by Crippen LogP contribution is -2.30. The van der Waals surface area contributed by atoms with Crippen LogP contribution in [0.15, 0.2) is 77.7 Å². The van der Waals surface area contributed by atoms with E-state index in [0.717, 1.165) is 0 Å². The van der Waals surface area contributed by atoms with Crippen LogP contribution in [-0.4, -0.2) is 27.0 Å². The Hall–Kier alpha value is -3.52. The minimum atomic E-state index is -3.78. The number of benzene rings is 3. The first-order valence-electron chi connectivity index (χ1n) is 11.4. The molecule has 0 radical (unpaired) electrons. The molecule has 0 heterocycles. The van der Waals surface area contributed by atoms with E-state index in [1.165, 1.54) is 29.8 Å². The molecule has 186 valence electrons. The SMILES string of the molecule is CCOc1ccc(NS(=O)(=O)c2ccc(NC(=O)C(C)Oc3ccc(C(C)(C)C)cc3)cc2)cc1.